The highest BCUT2D eigenvalue weighted by molar-refractivity contribution is 5.54. The minimum Gasteiger partial charge on any atom is -0.417 e. The third-order valence-electron chi connectivity index (χ3n) is 1.82. The van der Waals surface area contributed by atoms with E-state index >= 15 is 0 Å². The zero-order chi connectivity index (χ0) is 11.4. The summed E-state index contributed by atoms with van der Waals surface area (Å²) in [5.74, 6) is 0.194. The molecule has 1 aromatic heterocycles. The number of benzene rings is 1. The van der Waals surface area contributed by atoms with Crippen LogP contribution in [0.4, 0.5) is 8.78 Å². The Balaban J connectivity index is 2.29. The quantitative estimate of drug-likeness (QED) is 0.798. The summed E-state index contributed by atoms with van der Waals surface area (Å²) < 4.78 is 28.1. The summed E-state index contributed by atoms with van der Waals surface area (Å²) in [6.07, 6.45) is 1.37. The fourth-order valence-electron chi connectivity index (χ4n) is 1.17. The highest BCUT2D eigenvalue weighted by Crippen LogP contribution is 2.17. The van der Waals surface area contributed by atoms with Crippen molar-refractivity contribution < 1.29 is 13.5 Å². The van der Waals surface area contributed by atoms with Crippen LogP contribution >= 0.6 is 0 Å². The molecule has 3 nitrogen and oxygen atoms in total. The van der Waals surface area contributed by atoms with Crippen molar-refractivity contribution in [2.75, 3.05) is 0 Å². The third kappa shape index (κ3) is 2.50. The van der Waals surface area contributed by atoms with Crippen molar-refractivity contribution in [2.24, 2.45) is 0 Å². The lowest BCUT2D eigenvalue weighted by Gasteiger charge is -2.04. The van der Waals surface area contributed by atoms with E-state index in [1.807, 2.05) is 0 Å². The van der Waals surface area contributed by atoms with Gasteiger partial charge in [0.05, 0.1) is 0 Å². The Bertz CT molecular complexity index is 463. The summed E-state index contributed by atoms with van der Waals surface area (Å²) >= 11 is 0. The molecule has 0 saturated heterocycles. The highest BCUT2D eigenvalue weighted by atomic mass is 19.3. The zero-order valence-corrected chi connectivity index (χ0v) is 8.10. The molecule has 0 fully saturated rings. The summed E-state index contributed by atoms with van der Waals surface area (Å²) in [6.45, 7) is -2.88. The second-order valence-electron chi connectivity index (χ2n) is 2.89. The lowest BCUT2D eigenvalue weighted by atomic mass is 10.2. The fraction of sp³-hybridized carbons (Fsp3) is 0.0909. The molecule has 1 heterocycles. The maximum Gasteiger partial charge on any atom is 0.388 e. The molecule has 0 spiro atoms. The number of alkyl halides is 2. The Hall–Kier alpha value is -2.04. The SMILES string of the molecule is FC(F)Oc1ccnc(-c2cc[c]cc2)n1. The number of halogens is 2. The number of hydrogen-bond donors (Lipinski definition) is 0. The maximum absolute atomic E-state index is 12.0. The van der Waals surface area contributed by atoms with Crippen molar-refractivity contribution in [2.45, 2.75) is 6.61 Å². The number of rotatable bonds is 3. The molecule has 0 aliphatic rings. The molecule has 0 saturated carbocycles. The van der Waals surface area contributed by atoms with Crippen molar-refractivity contribution in [3.8, 4) is 17.3 Å². The van der Waals surface area contributed by atoms with Crippen molar-refractivity contribution in [1.29, 1.82) is 0 Å². The first-order chi connectivity index (χ1) is 7.75. The molecule has 81 valence electrons. The molecule has 1 aromatic carbocycles. The van der Waals surface area contributed by atoms with E-state index in [9.17, 15) is 8.78 Å². The van der Waals surface area contributed by atoms with Gasteiger partial charge < -0.3 is 4.74 Å². The van der Waals surface area contributed by atoms with Crippen LogP contribution in [0, 0.1) is 6.07 Å². The maximum atomic E-state index is 12.0. The van der Waals surface area contributed by atoms with E-state index in [1.165, 1.54) is 12.3 Å². The first kappa shape index (κ1) is 10.5. The van der Waals surface area contributed by atoms with E-state index < -0.39 is 6.61 Å². The lowest BCUT2D eigenvalue weighted by Crippen LogP contribution is -2.04. The van der Waals surface area contributed by atoms with Gasteiger partial charge in [-0.3, -0.25) is 0 Å². The molecular formula is C11H7F2N2O. The summed E-state index contributed by atoms with van der Waals surface area (Å²) in [4.78, 5) is 7.82. The van der Waals surface area contributed by atoms with Crippen LogP contribution in [0.25, 0.3) is 11.4 Å². The van der Waals surface area contributed by atoms with Crippen LogP contribution in [0.3, 0.4) is 0 Å². The van der Waals surface area contributed by atoms with Crippen molar-refractivity contribution in [1.82, 2.24) is 9.97 Å². The van der Waals surface area contributed by atoms with Crippen LogP contribution in [-0.2, 0) is 0 Å². The van der Waals surface area contributed by atoms with Crippen molar-refractivity contribution in [3.05, 3.63) is 42.6 Å². The minimum atomic E-state index is -2.88. The van der Waals surface area contributed by atoms with Gasteiger partial charge in [0.15, 0.2) is 5.82 Å². The van der Waals surface area contributed by atoms with Gasteiger partial charge in [0.2, 0.25) is 5.88 Å². The highest BCUT2D eigenvalue weighted by Gasteiger charge is 2.07. The summed E-state index contributed by atoms with van der Waals surface area (Å²) in [6, 6.07) is 11.0. The molecule has 0 amide bonds. The molecule has 0 aliphatic carbocycles. The van der Waals surface area contributed by atoms with Crippen LogP contribution in [0.1, 0.15) is 0 Å². The average molecular weight is 221 g/mol. The summed E-state index contributed by atoms with van der Waals surface area (Å²) in [7, 11) is 0. The standard InChI is InChI=1S/C11H7F2N2O/c12-11(13)16-9-6-7-14-10(15-9)8-4-2-1-3-5-8/h2-7,11H. The van der Waals surface area contributed by atoms with Gasteiger partial charge in [0.1, 0.15) is 0 Å². The Kier molecular flexibility index (Phi) is 3.05. The second kappa shape index (κ2) is 4.65. The van der Waals surface area contributed by atoms with E-state index in [1.54, 1.807) is 24.3 Å². The van der Waals surface area contributed by atoms with Gasteiger partial charge in [-0.25, -0.2) is 4.98 Å². The van der Waals surface area contributed by atoms with Crippen LogP contribution in [0.2, 0.25) is 0 Å². The van der Waals surface area contributed by atoms with Crippen LogP contribution in [0.5, 0.6) is 5.88 Å². The van der Waals surface area contributed by atoms with Gasteiger partial charge in [-0.1, -0.05) is 24.3 Å². The molecule has 0 bridgehead atoms. The average Bonchev–Trinajstić information content (AvgIpc) is 2.30. The van der Waals surface area contributed by atoms with Gasteiger partial charge in [-0.15, -0.1) is 0 Å². The largest absolute Gasteiger partial charge is 0.417 e. The molecular weight excluding hydrogens is 214 g/mol. The number of nitrogens with zero attached hydrogens (tertiary/aromatic N) is 2. The first-order valence-electron chi connectivity index (χ1n) is 4.50. The minimum absolute atomic E-state index is 0.146. The molecule has 2 rings (SSSR count). The monoisotopic (exact) mass is 221 g/mol. The second-order valence-corrected chi connectivity index (χ2v) is 2.89. The topological polar surface area (TPSA) is 35.0 Å². The Morgan fingerprint density at radius 2 is 1.94 bits per heavy atom. The Morgan fingerprint density at radius 3 is 2.62 bits per heavy atom. The molecule has 0 atom stereocenters. The predicted octanol–water partition coefficient (Wildman–Crippen LogP) is 2.55. The van der Waals surface area contributed by atoms with Gasteiger partial charge in [0.25, 0.3) is 0 Å². The van der Waals surface area contributed by atoms with Crippen LogP contribution in [0.15, 0.2) is 36.5 Å². The van der Waals surface area contributed by atoms with Gasteiger partial charge >= 0.3 is 6.61 Å². The Labute approximate surface area is 90.7 Å². The van der Waals surface area contributed by atoms with Crippen LogP contribution in [-0.4, -0.2) is 16.6 Å². The molecule has 1 radical (unpaired) electrons. The molecule has 2 aromatic rings. The number of ether oxygens (including phenoxy) is 1. The normalized spacial score (nSPS) is 10.4. The summed E-state index contributed by atoms with van der Waals surface area (Å²) in [5.41, 5.74) is 0.721. The zero-order valence-electron chi connectivity index (χ0n) is 8.10. The molecule has 0 unspecified atom stereocenters. The molecule has 5 heteroatoms. The van der Waals surface area contributed by atoms with E-state index in [4.69, 9.17) is 0 Å². The summed E-state index contributed by atoms with van der Waals surface area (Å²) in [5, 5.41) is 0. The van der Waals surface area contributed by atoms with Gasteiger partial charge in [-0.2, -0.15) is 13.8 Å². The van der Waals surface area contributed by atoms with Crippen molar-refractivity contribution in [3.63, 3.8) is 0 Å². The van der Waals surface area contributed by atoms with Gasteiger partial charge in [-0.05, 0) is 6.07 Å². The van der Waals surface area contributed by atoms with E-state index in [2.05, 4.69) is 20.8 Å². The fourth-order valence-corrected chi connectivity index (χ4v) is 1.17. The first-order valence-corrected chi connectivity index (χ1v) is 4.50. The Morgan fingerprint density at radius 1 is 1.19 bits per heavy atom. The number of hydrogen-bond acceptors (Lipinski definition) is 3. The van der Waals surface area contributed by atoms with Crippen molar-refractivity contribution >= 4 is 0 Å². The molecule has 16 heavy (non-hydrogen) atoms. The number of aromatic nitrogens is 2. The third-order valence-corrected chi connectivity index (χ3v) is 1.82. The molecule has 0 N–H and O–H groups in total. The van der Waals surface area contributed by atoms with Gasteiger partial charge in [0, 0.05) is 17.8 Å². The van der Waals surface area contributed by atoms with Crippen LogP contribution < -0.4 is 4.74 Å². The van der Waals surface area contributed by atoms with E-state index in [0.29, 0.717) is 5.82 Å². The predicted molar refractivity (Wildman–Crippen MR) is 52.9 cm³/mol. The van der Waals surface area contributed by atoms with E-state index in [-0.39, 0.29) is 5.88 Å². The smallest absolute Gasteiger partial charge is 0.388 e. The molecule has 0 aliphatic heterocycles. The van der Waals surface area contributed by atoms with E-state index in [0.717, 1.165) is 5.56 Å². The lowest BCUT2D eigenvalue weighted by molar-refractivity contribution is -0.0528.